The third-order valence-electron chi connectivity index (χ3n) is 2.08. The summed E-state index contributed by atoms with van der Waals surface area (Å²) in [5, 5.41) is 13.5. The summed E-state index contributed by atoms with van der Waals surface area (Å²) in [5.74, 6) is 0. The first-order valence-corrected chi connectivity index (χ1v) is 6.67. The second-order valence-corrected chi connectivity index (χ2v) is 4.36. The maximum absolute atomic E-state index is 5.10. The van der Waals surface area contributed by atoms with Gasteiger partial charge in [-0.15, -0.1) is 0 Å². The topological polar surface area (TPSA) is 48.1 Å². The second-order valence-electron chi connectivity index (χ2n) is 3.55. The van der Waals surface area contributed by atoms with Crippen molar-refractivity contribution < 1.29 is 0 Å². The van der Waals surface area contributed by atoms with E-state index in [0.29, 0.717) is 10.2 Å². The lowest BCUT2D eigenvalue weighted by Gasteiger charge is -2.11. The van der Waals surface area contributed by atoms with Crippen molar-refractivity contribution in [2.75, 3.05) is 23.7 Å². The third-order valence-corrected chi connectivity index (χ3v) is 2.57. The van der Waals surface area contributed by atoms with Gasteiger partial charge < -0.3 is 21.3 Å². The van der Waals surface area contributed by atoms with Gasteiger partial charge in [-0.25, -0.2) is 0 Å². The van der Waals surface area contributed by atoms with Crippen molar-refractivity contribution in [1.29, 1.82) is 0 Å². The van der Waals surface area contributed by atoms with Gasteiger partial charge in [-0.05, 0) is 62.5 Å². The minimum Gasteiger partial charge on any atom is -0.363 e. The van der Waals surface area contributed by atoms with Crippen LogP contribution in [0.25, 0.3) is 0 Å². The molecule has 0 amide bonds. The molecule has 0 bridgehead atoms. The Morgan fingerprint density at radius 3 is 1.44 bits per heavy atom. The van der Waals surface area contributed by atoms with Gasteiger partial charge in [0.25, 0.3) is 0 Å². The molecular formula is C12H18N4S2. The number of nitrogens with one attached hydrogen (secondary N) is 4. The third kappa shape index (κ3) is 5.29. The number of benzene rings is 1. The first-order chi connectivity index (χ1) is 8.65. The summed E-state index contributed by atoms with van der Waals surface area (Å²) in [6, 6.07) is 7.78. The van der Waals surface area contributed by atoms with E-state index in [2.05, 4.69) is 21.3 Å². The van der Waals surface area contributed by atoms with Crippen LogP contribution in [-0.2, 0) is 0 Å². The molecule has 0 aromatic heterocycles. The number of anilines is 2. The van der Waals surface area contributed by atoms with E-state index in [1.54, 1.807) is 0 Å². The van der Waals surface area contributed by atoms with Crippen molar-refractivity contribution in [3.05, 3.63) is 24.3 Å². The smallest absolute Gasteiger partial charge is 0.170 e. The van der Waals surface area contributed by atoms with Crippen LogP contribution in [-0.4, -0.2) is 23.3 Å². The first kappa shape index (κ1) is 14.7. The lowest BCUT2D eigenvalue weighted by Crippen LogP contribution is -2.28. The van der Waals surface area contributed by atoms with Crippen LogP contribution in [0.15, 0.2) is 24.3 Å². The standard InChI is InChI=1S/C12H18N4S2/c1-3-13-11(17)15-9-5-7-10(8-6-9)16-12(18)14-4-2/h5-8H,3-4H2,1-2H3,(H2,13,15,17)(H2,14,16,18). The zero-order valence-corrected chi connectivity index (χ0v) is 12.2. The Balaban J connectivity index is 2.52. The van der Waals surface area contributed by atoms with E-state index < -0.39 is 0 Å². The Hall–Kier alpha value is -1.40. The van der Waals surface area contributed by atoms with E-state index in [1.807, 2.05) is 38.1 Å². The molecule has 0 heterocycles. The predicted molar refractivity (Wildman–Crippen MR) is 86.2 cm³/mol. The maximum Gasteiger partial charge on any atom is 0.170 e. The molecule has 0 atom stereocenters. The average molecular weight is 282 g/mol. The fraction of sp³-hybridized carbons (Fsp3) is 0.333. The van der Waals surface area contributed by atoms with Crippen molar-refractivity contribution in [1.82, 2.24) is 10.6 Å². The van der Waals surface area contributed by atoms with Gasteiger partial charge >= 0.3 is 0 Å². The van der Waals surface area contributed by atoms with Crippen LogP contribution in [0.1, 0.15) is 13.8 Å². The minimum absolute atomic E-state index is 0.626. The SMILES string of the molecule is CCNC(=S)Nc1ccc(NC(=S)NCC)cc1. The Kier molecular flexibility index (Phi) is 6.38. The molecule has 0 spiro atoms. The van der Waals surface area contributed by atoms with Crippen LogP contribution in [0.2, 0.25) is 0 Å². The van der Waals surface area contributed by atoms with Gasteiger partial charge in [-0.1, -0.05) is 0 Å². The fourth-order valence-corrected chi connectivity index (χ4v) is 1.83. The van der Waals surface area contributed by atoms with Crippen molar-refractivity contribution in [2.45, 2.75) is 13.8 Å². The summed E-state index contributed by atoms with van der Waals surface area (Å²) < 4.78 is 0. The molecular weight excluding hydrogens is 264 g/mol. The largest absolute Gasteiger partial charge is 0.363 e. The molecule has 0 saturated carbocycles. The van der Waals surface area contributed by atoms with E-state index in [-0.39, 0.29) is 0 Å². The summed E-state index contributed by atoms with van der Waals surface area (Å²) in [5.41, 5.74) is 1.89. The Bertz CT molecular complexity index is 364. The van der Waals surface area contributed by atoms with Gasteiger partial charge in [-0.2, -0.15) is 0 Å². The molecule has 4 nitrogen and oxygen atoms in total. The molecule has 18 heavy (non-hydrogen) atoms. The molecule has 4 N–H and O–H groups in total. The monoisotopic (exact) mass is 282 g/mol. The van der Waals surface area contributed by atoms with E-state index in [1.165, 1.54) is 0 Å². The van der Waals surface area contributed by atoms with Crippen LogP contribution >= 0.6 is 24.4 Å². The predicted octanol–water partition coefficient (Wildman–Crippen LogP) is 2.30. The van der Waals surface area contributed by atoms with Gasteiger partial charge in [0.15, 0.2) is 10.2 Å². The van der Waals surface area contributed by atoms with E-state index >= 15 is 0 Å². The highest BCUT2D eigenvalue weighted by atomic mass is 32.1. The fourth-order valence-electron chi connectivity index (χ4n) is 1.31. The summed E-state index contributed by atoms with van der Waals surface area (Å²) >= 11 is 10.2. The number of hydrogen-bond acceptors (Lipinski definition) is 2. The van der Waals surface area contributed by atoms with Crippen LogP contribution in [0.5, 0.6) is 0 Å². The van der Waals surface area contributed by atoms with Crippen molar-refractivity contribution >= 4 is 46.0 Å². The normalized spacial score (nSPS) is 9.44. The Morgan fingerprint density at radius 1 is 0.833 bits per heavy atom. The second kappa shape index (κ2) is 7.84. The molecule has 1 aromatic carbocycles. The number of thiocarbonyl (C=S) groups is 2. The zero-order valence-electron chi connectivity index (χ0n) is 10.5. The highest BCUT2D eigenvalue weighted by Crippen LogP contribution is 2.13. The molecule has 0 fully saturated rings. The average Bonchev–Trinajstić information content (AvgIpc) is 2.32. The number of rotatable bonds is 4. The van der Waals surface area contributed by atoms with Gasteiger partial charge in [0.2, 0.25) is 0 Å². The van der Waals surface area contributed by atoms with Crippen molar-refractivity contribution in [2.24, 2.45) is 0 Å². The molecule has 0 aliphatic rings. The van der Waals surface area contributed by atoms with Gasteiger partial charge in [0.1, 0.15) is 0 Å². The van der Waals surface area contributed by atoms with Crippen molar-refractivity contribution in [3.63, 3.8) is 0 Å². The molecule has 0 saturated heterocycles. The summed E-state index contributed by atoms with van der Waals surface area (Å²) in [7, 11) is 0. The lowest BCUT2D eigenvalue weighted by atomic mass is 10.3. The van der Waals surface area contributed by atoms with Crippen molar-refractivity contribution in [3.8, 4) is 0 Å². The van der Waals surface area contributed by atoms with E-state index in [0.717, 1.165) is 24.5 Å². The molecule has 0 radical (unpaired) electrons. The van der Waals surface area contributed by atoms with E-state index in [4.69, 9.17) is 24.4 Å². The van der Waals surface area contributed by atoms with Crippen LogP contribution in [0.3, 0.4) is 0 Å². The highest BCUT2D eigenvalue weighted by molar-refractivity contribution is 7.80. The summed E-state index contributed by atoms with van der Waals surface area (Å²) in [6.07, 6.45) is 0. The van der Waals surface area contributed by atoms with Crippen LogP contribution in [0.4, 0.5) is 11.4 Å². The quantitative estimate of drug-likeness (QED) is 0.636. The maximum atomic E-state index is 5.10. The molecule has 1 aromatic rings. The molecule has 0 aliphatic carbocycles. The Morgan fingerprint density at radius 2 is 1.17 bits per heavy atom. The summed E-state index contributed by atoms with van der Waals surface area (Å²) in [6.45, 7) is 5.62. The Labute approximate surface area is 119 Å². The first-order valence-electron chi connectivity index (χ1n) is 5.85. The van der Waals surface area contributed by atoms with Gasteiger partial charge in [0.05, 0.1) is 0 Å². The highest BCUT2D eigenvalue weighted by Gasteiger charge is 1.98. The minimum atomic E-state index is 0.626. The molecule has 1 rings (SSSR count). The van der Waals surface area contributed by atoms with Gasteiger partial charge in [0, 0.05) is 24.5 Å². The summed E-state index contributed by atoms with van der Waals surface area (Å²) in [4.78, 5) is 0. The molecule has 0 unspecified atom stereocenters. The van der Waals surface area contributed by atoms with Crippen LogP contribution < -0.4 is 21.3 Å². The number of hydrogen-bond donors (Lipinski definition) is 4. The van der Waals surface area contributed by atoms with E-state index in [9.17, 15) is 0 Å². The molecule has 6 heteroatoms. The lowest BCUT2D eigenvalue weighted by molar-refractivity contribution is 0.979. The van der Waals surface area contributed by atoms with Gasteiger partial charge in [-0.3, -0.25) is 0 Å². The zero-order chi connectivity index (χ0) is 13.4. The molecule has 0 aliphatic heterocycles. The van der Waals surface area contributed by atoms with Crippen LogP contribution in [0, 0.1) is 0 Å². The molecule has 98 valence electrons.